The molecular formula is C22H41NNaO3. The second kappa shape index (κ2) is 22.0. The van der Waals surface area contributed by atoms with Crippen molar-refractivity contribution in [2.24, 2.45) is 0 Å². The van der Waals surface area contributed by atoms with Gasteiger partial charge in [0.1, 0.15) is 0 Å². The van der Waals surface area contributed by atoms with E-state index in [0.717, 1.165) is 12.8 Å². The van der Waals surface area contributed by atoms with E-state index in [9.17, 15) is 9.59 Å². The molecule has 0 aromatic heterocycles. The van der Waals surface area contributed by atoms with E-state index in [1.165, 1.54) is 75.5 Å². The average Bonchev–Trinajstić information content (AvgIpc) is 2.62. The van der Waals surface area contributed by atoms with Crippen LogP contribution in [0.5, 0.6) is 0 Å². The van der Waals surface area contributed by atoms with E-state index in [1.54, 1.807) is 7.05 Å². The van der Waals surface area contributed by atoms with Crippen LogP contribution in [0.2, 0.25) is 0 Å². The molecule has 0 bridgehead atoms. The molecule has 153 valence electrons. The summed E-state index contributed by atoms with van der Waals surface area (Å²) in [6.07, 6.45) is 21.4. The van der Waals surface area contributed by atoms with Crippen molar-refractivity contribution in [2.45, 2.75) is 103 Å². The van der Waals surface area contributed by atoms with E-state index >= 15 is 0 Å². The van der Waals surface area contributed by atoms with Crippen LogP contribution in [-0.2, 0) is 9.59 Å². The number of carboxylic acids is 1. The van der Waals surface area contributed by atoms with Gasteiger partial charge in [0, 0.05) is 49.6 Å². The smallest absolute Gasteiger partial charge is 0.305 e. The van der Waals surface area contributed by atoms with Gasteiger partial charge < -0.3 is 10.0 Å². The number of carbonyl (C=O) groups is 2. The quantitative estimate of drug-likeness (QED) is 0.189. The van der Waals surface area contributed by atoms with Crippen molar-refractivity contribution in [3.05, 3.63) is 12.2 Å². The molecule has 0 fully saturated rings. The molecule has 0 aliphatic heterocycles. The predicted molar refractivity (Wildman–Crippen MR) is 115 cm³/mol. The first kappa shape index (κ1) is 28.9. The first-order valence-corrected chi connectivity index (χ1v) is 10.7. The van der Waals surface area contributed by atoms with Crippen LogP contribution in [-0.4, -0.2) is 65.0 Å². The van der Waals surface area contributed by atoms with Crippen LogP contribution in [0.3, 0.4) is 0 Å². The Kier molecular flexibility index (Phi) is 23.5. The maximum absolute atomic E-state index is 11.8. The fraction of sp³-hybridized carbons (Fsp3) is 0.818. The summed E-state index contributed by atoms with van der Waals surface area (Å²) >= 11 is 0. The summed E-state index contributed by atoms with van der Waals surface area (Å²) in [5.41, 5.74) is 0. The summed E-state index contributed by atoms with van der Waals surface area (Å²) in [4.78, 5) is 23.8. The van der Waals surface area contributed by atoms with Gasteiger partial charge in [-0.1, -0.05) is 70.4 Å². The van der Waals surface area contributed by atoms with E-state index < -0.39 is 5.97 Å². The summed E-state index contributed by atoms with van der Waals surface area (Å²) < 4.78 is 0. The normalized spacial score (nSPS) is 10.7. The minimum Gasteiger partial charge on any atom is -0.481 e. The molecule has 0 unspecified atom stereocenters. The van der Waals surface area contributed by atoms with E-state index in [2.05, 4.69) is 19.1 Å². The first-order valence-electron chi connectivity index (χ1n) is 10.7. The van der Waals surface area contributed by atoms with Crippen molar-refractivity contribution >= 4 is 41.4 Å². The molecule has 0 saturated heterocycles. The standard InChI is InChI=1S/C22H41NO3.Na/c1-3-4-5-6-7-8-9-10-11-12-13-14-15-16-17-18-21(24)23(2)20-19-22(25)26;/h10-11H,3-9,12-20H2,1-2H3,(H,25,26);/b11-10-;. The van der Waals surface area contributed by atoms with Crippen LogP contribution in [0.25, 0.3) is 0 Å². The zero-order valence-electron chi connectivity index (χ0n) is 18.2. The topological polar surface area (TPSA) is 57.6 Å². The van der Waals surface area contributed by atoms with Gasteiger partial charge in [-0.3, -0.25) is 9.59 Å². The maximum atomic E-state index is 11.8. The van der Waals surface area contributed by atoms with Crippen molar-refractivity contribution < 1.29 is 14.7 Å². The molecule has 0 aromatic carbocycles. The zero-order chi connectivity index (χ0) is 19.5. The molecule has 5 heteroatoms. The number of amides is 1. The minimum absolute atomic E-state index is 0. The Morgan fingerprint density at radius 2 is 1.26 bits per heavy atom. The number of rotatable bonds is 18. The van der Waals surface area contributed by atoms with Crippen LogP contribution in [0.1, 0.15) is 103 Å². The molecule has 0 aliphatic rings. The molecule has 0 aromatic rings. The van der Waals surface area contributed by atoms with Crippen LogP contribution >= 0.6 is 0 Å². The summed E-state index contributed by atoms with van der Waals surface area (Å²) in [6.45, 7) is 2.56. The first-order chi connectivity index (χ1) is 12.6. The monoisotopic (exact) mass is 390 g/mol. The third-order valence-electron chi connectivity index (χ3n) is 4.74. The Bertz CT molecular complexity index is 386. The third-order valence-corrected chi connectivity index (χ3v) is 4.74. The number of hydrogen-bond donors (Lipinski definition) is 1. The molecule has 0 saturated carbocycles. The largest absolute Gasteiger partial charge is 0.481 e. The van der Waals surface area contributed by atoms with E-state index in [-0.39, 0.29) is 41.9 Å². The third kappa shape index (κ3) is 21.8. The van der Waals surface area contributed by atoms with Gasteiger partial charge >= 0.3 is 5.97 Å². The van der Waals surface area contributed by atoms with E-state index in [4.69, 9.17) is 5.11 Å². The van der Waals surface area contributed by atoms with Crippen LogP contribution in [0.4, 0.5) is 0 Å². The molecule has 0 heterocycles. The molecule has 1 amide bonds. The minimum atomic E-state index is -0.856. The molecule has 4 nitrogen and oxygen atoms in total. The van der Waals surface area contributed by atoms with Gasteiger partial charge in [0.05, 0.1) is 6.42 Å². The number of unbranched alkanes of at least 4 members (excludes halogenated alkanes) is 11. The fourth-order valence-corrected chi connectivity index (χ4v) is 2.93. The van der Waals surface area contributed by atoms with E-state index in [0.29, 0.717) is 13.0 Å². The summed E-state index contributed by atoms with van der Waals surface area (Å²) in [5, 5.41) is 8.62. The second-order valence-electron chi connectivity index (χ2n) is 7.29. The molecule has 0 spiro atoms. The summed E-state index contributed by atoms with van der Waals surface area (Å²) in [5.74, 6) is -0.797. The molecule has 1 radical (unpaired) electrons. The molecule has 27 heavy (non-hydrogen) atoms. The number of hydrogen-bond acceptors (Lipinski definition) is 2. The van der Waals surface area contributed by atoms with Gasteiger partial charge in [-0.05, 0) is 32.1 Å². The van der Waals surface area contributed by atoms with E-state index in [1.807, 2.05) is 0 Å². The summed E-state index contributed by atoms with van der Waals surface area (Å²) in [7, 11) is 1.68. The van der Waals surface area contributed by atoms with Crippen molar-refractivity contribution in [1.82, 2.24) is 4.90 Å². The molecule has 1 N–H and O–H groups in total. The predicted octanol–water partition coefficient (Wildman–Crippen LogP) is 5.58. The van der Waals surface area contributed by atoms with Gasteiger partial charge in [-0.15, -0.1) is 0 Å². The molecule has 0 rings (SSSR count). The zero-order valence-corrected chi connectivity index (χ0v) is 20.2. The molecule has 0 aliphatic carbocycles. The average molecular weight is 391 g/mol. The number of aliphatic carboxylic acids is 1. The van der Waals surface area contributed by atoms with Gasteiger partial charge in [0.2, 0.25) is 5.91 Å². The van der Waals surface area contributed by atoms with Crippen molar-refractivity contribution in [3.8, 4) is 0 Å². The van der Waals surface area contributed by atoms with Gasteiger partial charge in [-0.25, -0.2) is 0 Å². The number of nitrogens with zero attached hydrogens (tertiary/aromatic N) is 1. The SMILES string of the molecule is CCCCCCCC/C=C\CCCCCCCC(=O)N(C)CCC(=O)O.[Na]. The number of carboxylic acid groups (broad SMARTS) is 1. The summed E-state index contributed by atoms with van der Waals surface area (Å²) in [6, 6.07) is 0. The second-order valence-corrected chi connectivity index (χ2v) is 7.29. The van der Waals surface area contributed by atoms with Gasteiger partial charge in [-0.2, -0.15) is 0 Å². The van der Waals surface area contributed by atoms with Crippen LogP contribution in [0.15, 0.2) is 12.2 Å². The Balaban J connectivity index is 0. The Morgan fingerprint density at radius 1 is 0.778 bits per heavy atom. The molecular weight excluding hydrogens is 349 g/mol. The number of carbonyl (C=O) groups excluding carboxylic acids is 1. The Morgan fingerprint density at radius 3 is 1.78 bits per heavy atom. The Labute approximate surface area is 189 Å². The van der Waals surface area contributed by atoms with Crippen molar-refractivity contribution in [3.63, 3.8) is 0 Å². The van der Waals surface area contributed by atoms with Crippen molar-refractivity contribution in [2.75, 3.05) is 13.6 Å². The van der Waals surface area contributed by atoms with Gasteiger partial charge in [0.25, 0.3) is 0 Å². The number of allylic oxidation sites excluding steroid dienone is 2. The van der Waals surface area contributed by atoms with Gasteiger partial charge in [0.15, 0.2) is 0 Å². The maximum Gasteiger partial charge on any atom is 0.305 e. The molecule has 0 atom stereocenters. The Hall–Kier alpha value is -0.320. The van der Waals surface area contributed by atoms with Crippen molar-refractivity contribution in [1.29, 1.82) is 0 Å². The van der Waals surface area contributed by atoms with Crippen LogP contribution in [0, 0.1) is 0 Å². The fourth-order valence-electron chi connectivity index (χ4n) is 2.93. The van der Waals surface area contributed by atoms with Crippen LogP contribution < -0.4 is 0 Å².